The van der Waals surface area contributed by atoms with Crippen LogP contribution in [-0.2, 0) is 0 Å². The van der Waals surface area contributed by atoms with Crippen LogP contribution in [0.2, 0.25) is 0 Å². The average Bonchev–Trinajstić information content (AvgIpc) is 2.62. The molecule has 0 bridgehead atoms. The van der Waals surface area contributed by atoms with Gasteiger partial charge in [0.15, 0.2) is 0 Å². The molecule has 1 aromatic carbocycles. The van der Waals surface area contributed by atoms with E-state index in [4.69, 9.17) is 8.22 Å². The highest BCUT2D eigenvalue weighted by Crippen LogP contribution is 2.14. The van der Waals surface area contributed by atoms with E-state index in [2.05, 4.69) is 21.0 Å². The normalized spacial score (nSPS) is 16.8. The summed E-state index contributed by atoms with van der Waals surface area (Å²) in [6, 6.07) is -2.82. The number of rotatable bonds is 1. The van der Waals surface area contributed by atoms with Gasteiger partial charge in [-0.25, -0.2) is 9.07 Å². The molecule has 0 radical (unpaired) electrons. The third-order valence-electron chi connectivity index (χ3n) is 1.29. The molecular weight excluding hydrogens is 235 g/mol. The minimum Gasteiger partial charge on any atom is -0.237 e. The molecule has 1 heterocycles. The number of aromatic nitrogens is 2. The van der Waals surface area contributed by atoms with Crippen molar-refractivity contribution in [2.45, 2.75) is 0 Å². The van der Waals surface area contributed by atoms with Crippen LogP contribution in [0.15, 0.2) is 41.0 Å². The third-order valence-corrected chi connectivity index (χ3v) is 1.64. The molecule has 0 saturated heterocycles. The summed E-state index contributed by atoms with van der Waals surface area (Å²) in [6.07, 6.45) is -0.689. The van der Waals surface area contributed by atoms with Gasteiger partial charge in [-0.2, -0.15) is 5.10 Å². The predicted octanol–water partition coefficient (Wildman–Crippen LogP) is 2.77. The van der Waals surface area contributed by atoms with Gasteiger partial charge in [0.05, 0.1) is 18.9 Å². The van der Waals surface area contributed by atoms with E-state index in [1.807, 2.05) is 0 Å². The van der Waals surface area contributed by atoms with E-state index in [-0.39, 0.29) is 16.8 Å². The van der Waals surface area contributed by atoms with Crippen LogP contribution in [-0.4, -0.2) is 9.78 Å². The summed E-state index contributed by atoms with van der Waals surface area (Å²) in [5.41, 5.74) is -0.574. The number of halogens is 2. The van der Waals surface area contributed by atoms with Gasteiger partial charge in [-0.15, -0.1) is 0 Å². The fourth-order valence-corrected chi connectivity index (χ4v) is 1.03. The van der Waals surface area contributed by atoms with Gasteiger partial charge in [0, 0.05) is 6.17 Å². The van der Waals surface area contributed by atoms with Crippen molar-refractivity contribution in [2.75, 3.05) is 0 Å². The molecular formula is C9H6BrFN2. The molecule has 0 saturated carbocycles. The minimum absolute atomic E-state index is 0.0133. The summed E-state index contributed by atoms with van der Waals surface area (Å²) in [6.45, 7) is 0. The van der Waals surface area contributed by atoms with E-state index in [9.17, 15) is 4.39 Å². The van der Waals surface area contributed by atoms with E-state index in [1.54, 1.807) is 0 Å². The van der Waals surface area contributed by atoms with Crippen molar-refractivity contribution < 1.29 is 12.6 Å². The summed E-state index contributed by atoms with van der Waals surface area (Å²) in [5.74, 6) is -1.21. The topological polar surface area (TPSA) is 17.8 Å². The first-order valence-electron chi connectivity index (χ1n) is 6.25. The Hall–Kier alpha value is -1.16. The second-order valence-electron chi connectivity index (χ2n) is 2.11. The van der Waals surface area contributed by atoms with E-state index in [1.165, 1.54) is 0 Å². The molecule has 1 aromatic heterocycles. The molecule has 0 N–H and O–H groups in total. The number of para-hydroxylation sites is 1. The molecule has 2 aromatic rings. The van der Waals surface area contributed by atoms with Crippen LogP contribution in [0, 0.1) is 5.82 Å². The first-order valence-corrected chi connectivity index (χ1v) is 4.04. The number of benzene rings is 1. The van der Waals surface area contributed by atoms with Crippen LogP contribution in [0.25, 0.3) is 5.69 Å². The lowest BCUT2D eigenvalue weighted by molar-refractivity contribution is 0.611. The van der Waals surface area contributed by atoms with Gasteiger partial charge < -0.3 is 0 Å². The zero-order chi connectivity index (χ0) is 14.5. The summed E-state index contributed by atoms with van der Waals surface area (Å²) >= 11 is 2.93. The maximum absolute atomic E-state index is 14.0. The maximum atomic E-state index is 14.0. The van der Waals surface area contributed by atoms with Crippen molar-refractivity contribution in [1.29, 1.82) is 0 Å². The molecule has 0 aliphatic rings. The Balaban J connectivity index is 2.87. The molecule has 0 atom stereocenters. The number of nitrogens with zero attached hydrogens (tertiary/aromatic N) is 2. The summed E-state index contributed by atoms with van der Waals surface area (Å²) in [7, 11) is 0. The molecule has 4 heteroatoms. The van der Waals surface area contributed by atoms with Gasteiger partial charge >= 0.3 is 0 Å². The van der Waals surface area contributed by atoms with Crippen LogP contribution >= 0.6 is 15.9 Å². The highest BCUT2D eigenvalue weighted by atomic mass is 79.9. The first-order chi connectivity index (χ1) is 8.77. The second-order valence-corrected chi connectivity index (χ2v) is 2.90. The lowest BCUT2D eigenvalue weighted by Gasteiger charge is -2.00. The van der Waals surface area contributed by atoms with Crippen molar-refractivity contribution in [3.05, 3.63) is 46.8 Å². The molecule has 0 aliphatic carbocycles. The van der Waals surface area contributed by atoms with Crippen molar-refractivity contribution in [1.82, 2.24) is 9.78 Å². The summed E-state index contributed by atoms with van der Waals surface area (Å²) in [5, 5.41) is 3.57. The molecule has 0 unspecified atom stereocenters. The highest BCUT2D eigenvalue weighted by Gasteiger charge is 2.03. The molecule has 2 rings (SSSR count). The van der Waals surface area contributed by atoms with Gasteiger partial charge in [0.2, 0.25) is 0 Å². The second kappa shape index (κ2) is 3.30. The molecule has 13 heavy (non-hydrogen) atoms. The minimum atomic E-state index is -1.21. The Kier molecular flexibility index (Phi) is 0.994. The van der Waals surface area contributed by atoms with Gasteiger partial charge in [0.25, 0.3) is 0 Å². The third kappa shape index (κ3) is 1.62. The standard InChI is InChI=1S/C9H6BrFN2/c10-7-5-12-13(6-7)9-4-2-1-3-8(9)11/h1-6H/i1D,2D,3D,4D,5D,6D. The van der Waals surface area contributed by atoms with Crippen molar-refractivity contribution in [3.63, 3.8) is 0 Å². The van der Waals surface area contributed by atoms with Gasteiger partial charge in [0.1, 0.15) is 11.5 Å². The monoisotopic (exact) mass is 246 g/mol. The van der Waals surface area contributed by atoms with E-state index < -0.39 is 35.7 Å². The molecule has 66 valence electrons. The van der Waals surface area contributed by atoms with Gasteiger partial charge in [-0.1, -0.05) is 12.1 Å². The summed E-state index contributed by atoms with van der Waals surface area (Å²) < 4.78 is 59.5. The predicted molar refractivity (Wildman–Crippen MR) is 51.2 cm³/mol. The van der Waals surface area contributed by atoms with E-state index in [0.29, 0.717) is 4.68 Å². The van der Waals surface area contributed by atoms with Crippen LogP contribution in [0.5, 0.6) is 0 Å². The molecule has 2 nitrogen and oxygen atoms in total. The van der Waals surface area contributed by atoms with E-state index >= 15 is 0 Å². The fraction of sp³-hybridized carbons (Fsp3) is 0. The number of hydrogen-bond acceptors (Lipinski definition) is 1. The molecule has 0 aliphatic heterocycles. The van der Waals surface area contributed by atoms with E-state index in [0.717, 1.165) is 0 Å². The Bertz CT molecular complexity index is 657. The van der Waals surface area contributed by atoms with Crippen LogP contribution in [0.4, 0.5) is 4.39 Å². The Morgan fingerprint density at radius 3 is 2.92 bits per heavy atom. The fourth-order valence-electron chi connectivity index (χ4n) is 0.779. The molecule has 0 fully saturated rings. The Labute approximate surface area is 91.6 Å². The zero-order valence-corrected chi connectivity index (χ0v) is 7.74. The average molecular weight is 247 g/mol. The SMILES string of the molecule is [2H]c1nn(-c2c([2H])c([2H])c([2H])c([2H])c2F)c([2H])c1Br. The Morgan fingerprint density at radius 2 is 2.23 bits per heavy atom. The largest absolute Gasteiger partial charge is 0.237 e. The first kappa shape index (κ1) is 3.92. The van der Waals surface area contributed by atoms with Crippen LogP contribution in [0.1, 0.15) is 8.22 Å². The van der Waals surface area contributed by atoms with Gasteiger partial charge in [-0.05, 0) is 28.0 Å². The molecule has 0 amide bonds. The van der Waals surface area contributed by atoms with Gasteiger partial charge in [-0.3, -0.25) is 0 Å². The zero-order valence-electron chi connectivity index (χ0n) is 12.2. The van der Waals surface area contributed by atoms with Crippen LogP contribution in [0.3, 0.4) is 0 Å². The van der Waals surface area contributed by atoms with Crippen LogP contribution < -0.4 is 0 Å². The van der Waals surface area contributed by atoms with Crippen molar-refractivity contribution in [3.8, 4) is 5.69 Å². The lowest BCUT2D eigenvalue weighted by atomic mass is 10.3. The summed E-state index contributed by atoms with van der Waals surface area (Å²) in [4.78, 5) is 0. The Morgan fingerprint density at radius 1 is 1.46 bits per heavy atom. The molecule has 0 spiro atoms. The number of hydrogen-bond donors (Lipinski definition) is 0. The smallest absolute Gasteiger partial charge is 0.148 e. The quantitative estimate of drug-likeness (QED) is 0.757. The highest BCUT2D eigenvalue weighted by molar-refractivity contribution is 9.10. The maximum Gasteiger partial charge on any atom is 0.148 e. The van der Waals surface area contributed by atoms with Crippen molar-refractivity contribution >= 4 is 15.9 Å². The van der Waals surface area contributed by atoms with Crippen molar-refractivity contribution in [2.24, 2.45) is 0 Å². The lowest BCUT2D eigenvalue weighted by Crippen LogP contribution is -1.96.